The third-order valence-corrected chi connectivity index (χ3v) is 4.55. The lowest BCUT2D eigenvalue weighted by atomic mass is 9.91. The van der Waals surface area contributed by atoms with Gasteiger partial charge in [0.15, 0.2) is 0 Å². The molecule has 4 nitrogen and oxygen atoms in total. The summed E-state index contributed by atoms with van der Waals surface area (Å²) in [4.78, 5) is 5.93. The lowest BCUT2D eigenvalue weighted by Crippen LogP contribution is -2.27. The maximum absolute atomic E-state index is 5.14. The van der Waals surface area contributed by atoms with Crippen molar-refractivity contribution < 1.29 is 4.74 Å². The number of nitrogens with zero attached hydrogens (tertiary/aromatic N) is 2. The SMILES string of the molecule is COCCn1cc(C)nc1NCC(C)(C)c1cccs1. The Kier molecular flexibility index (Phi) is 4.83. The molecule has 20 heavy (non-hydrogen) atoms. The minimum Gasteiger partial charge on any atom is -0.383 e. The Balaban J connectivity index is 2.03. The molecule has 0 amide bonds. The van der Waals surface area contributed by atoms with E-state index in [9.17, 15) is 0 Å². The summed E-state index contributed by atoms with van der Waals surface area (Å²) >= 11 is 1.80. The minimum absolute atomic E-state index is 0.0973. The zero-order valence-corrected chi connectivity index (χ0v) is 13.5. The molecule has 0 spiro atoms. The van der Waals surface area contributed by atoms with Crippen LogP contribution in [0.4, 0.5) is 5.95 Å². The summed E-state index contributed by atoms with van der Waals surface area (Å²) in [7, 11) is 1.72. The average Bonchev–Trinajstić information content (AvgIpc) is 3.03. The quantitative estimate of drug-likeness (QED) is 0.851. The van der Waals surface area contributed by atoms with Gasteiger partial charge < -0.3 is 14.6 Å². The Morgan fingerprint density at radius 2 is 2.25 bits per heavy atom. The first-order valence-corrected chi connectivity index (χ1v) is 7.71. The van der Waals surface area contributed by atoms with Crippen LogP contribution in [-0.4, -0.2) is 29.8 Å². The molecule has 110 valence electrons. The average molecular weight is 293 g/mol. The predicted molar refractivity (Wildman–Crippen MR) is 84.7 cm³/mol. The van der Waals surface area contributed by atoms with Gasteiger partial charge in [-0.05, 0) is 18.4 Å². The van der Waals surface area contributed by atoms with Crippen molar-refractivity contribution in [2.75, 3.05) is 25.6 Å². The van der Waals surface area contributed by atoms with Crippen molar-refractivity contribution >= 4 is 17.3 Å². The highest BCUT2D eigenvalue weighted by Crippen LogP contribution is 2.27. The van der Waals surface area contributed by atoms with Crippen LogP contribution in [0.5, 0.6) is 0 Å². The first kappa shape index (κ1) is 15.1. The minimum atomic E-state index is 0.0973. The Morgan fingerprint density at radius 3 is 2.90 bits per heavy atom. The number of aromatic nitrogens is 2. The molecule has 0 atom stereocenters. The van der Waals surface area contributed by atoms with E-state index in [1.165, 1.54) is 4.88 Å². The summed E-state index contributed by atoms with van der Waals surface area (Å²) in [6, 6.07) is 4.29. The fourth-order valence-electron chi connectivity index (χ4n) is 2.10. The molecular weight excluding hydrogens is 270 g/mol. The molecule has 0 saturated carbocycles. The Morgan fingerprint density at radius 1 is 1.45 bits per heavy atom. The molecule has 0 radical (unpaired) electrons. The maximum Gasteiger partial charge on any atom is 0.203 e. The largest absolute Gasteiger partial charge is 0.383 e. The number of methoxy groups -OCH3 is 1. The summed E-state index contributed by atoms with van der Waals surface area (Å²) in [5.41, 5.74) is 1.12. The van der Waals surface area contributed by atoms with Crippen molar-refractivity contribution in [2.24, 2.45) is 0 Å². The van der Waals surface area contributed by atoms with Crippen molar-refractivity contribution in [1.29, 1.82) is 0 Å². The fourth-order valence-corrected chi connectivity index (χ4v) is 2.95. The highest BCUT2D eigenvalue weighted by Gasteiger charge is 2.22. The van der Waals surface area contributed by atoms with Gasteiger partial charge in [0.25, 0.3) is 0 Å². The summed E-state index contributed by atoms with van der Waals surface area (Å²) in [5.74, 6) is 0.921. The predicted octanol–water partition coefficient (Wildman–Crippen LogP) is 3.29. The second-order valence-electron chi connectivity index (χ2n) is 5.61. The van der Waals surface area contributed by atoms with Gasteiger partial charge in [0.2, 0.25) is 5.95 Å². The number of hydrogen-bond acceptors (Lipinski definition) is 4. The van der Waals surface area contributed by atoms with E-state index in [-0.39, 0.29) is 5.41 Å². The lowest BCUT2D eigenvalue weighted by Gasteiger charge is -2.24. The van der Waals surface area contributed by atoms with E-state index in [2.05, 4.69) is 52.4 Å². The van der Waals surface area contributed by atoms with E-state index < -0.39 is 0 Å². The van der Waals surface area contributed by atoms with Crippen LogP contribution in [0.15, 0.2) is 23.7 Å². The molecule has 0 saturated heterocycles. The molecule has 0 unspecified atom stereocenters. The zero-order valence-electron chi connectivity index (χ0n) is 12.6. The van der Waals surface area contributed by atoms with Gasteiger partial charge in [-0.1, -0.05) is 19.9 Å². The number of rotatable bonds is 7. The van der Waals surface area contributed by atoms with Gasteiger partial charge in [0.05, 0.1) is 12.3 Å². The molecule has 5 heteroatoms. The highest BCUT2D eigenvalue weighted by molar-refractivity contribution is 7.10. The molecule has 0 aliphatic carbocycles. The molecule has 0 aliphatic rings. The molecule has 2 rings (SSSR count). The van der Waals surface area contributed by atoms with E-state index in [1.807, 2.05) is 6.92 Å². The number of anilines is 1. The lowest BCUT2D eigenvalue weighted by molar-refractivity contribution is 0.187. The maximum atomic E-state index is 5.14. The molecule has 0 bridgehead atoms. The van der Waals surface area contributed by atoms with Crippen LogP contribution in [0.3, 0.4) is 0 Å². The van der Waals surface area contributed by atoms with Crippen LogP contribution >= 0.6 is 11.3 Å². The number of thiophene rings is 1. The number of nitrogens with one attached hydrogen (secondary N) is 1. The van der Waals surface area contributed by atoms with Crippen LogP contribution < -0.4 is 5.32 Å². The molecular formula is C15H23N3OS. The van der Waals surface area contributed by atoms with Gasteiger partial charge in [-0.3, -0.25) is 0 Å². The Bertz CT molecular complexity index is 531. The van der Waals surface area contributed by atoms with Gasteiger partial charge in [-0.15, -0.1) is 11.3 Å². The first-order valence-electron chi connectivity index (χ1n) is 6.83. The second kappa shape index (κ2) is 6.41. The molecule has 1 N–H and O–H groups in total. The molecule has 0 fully saturated rings. The third kappa shape index (κ3) is 3.61. The van der Waals surface area contributed by atoms with Crippen LogP contribution in [0.1, 0.15) is 24.4 Å². The third-order valence-electron chi connectivity index (χ3n) is 3.31. The van der Waals surface area contributed by atoms with Crippen LogP contribution in [0, 0.1) is 6.92 Å². The first-order chi connectivity index (χ1) is 9.53. The Labute approximate surface area is 124 Å². The van der Waals surface area contributed by atoms with Crippen molar-refractivity contribution in [3.8, 4) is 0 Å². The van der Waals surface area contributed by atoms with Crippen LogP contribution in [-0.2, 0) is 16.7 Å². The smallest absolute Gasteiger partial charge is 0.203 e. The van der Waals surface area contributed by atoms with Gasteiger partial charge in [-0.25, -0.2) is 4.98 Å². The number of ether oxygens (including phenoxy) is 1. The van der Waals surface area contributed by atoms with Gasteiger partial charge in [0, 0.05) is 36.7 Å². The van der Waals surface area contributed by atoms with Gasteiger partial charge in [0.1, 0.15) is 0 Å². The van der Waals surface area contributed by atoms with Crippen molar-refractivity contribution in [1.82, 2.24) is 9.55 Å². The molecule has 2 aromatic rings. The molecule has 0 aromatic carbocycles. The van der Waals surface area contributed by atoms with E-state index >= 15 is 0 Å². The van der Waals surface area contributed by atoms with Crippen molar-refractivity contribution in [2.45, 2.75) is 32.7 Å². The normalized spacial score (nSPS) is 11.8. The van der Waals surface area contributed by atoms with E-state index in [1.54, 1.807) is 18.4 Å². The highest BCUT2D eigenvalue weighted by atomic mass is 32.1. The van der Waals surface area contributed by atoms with Gasteiger partial charge in [-0.2, -0.15) is 0 Å². The van der Waals surface area contributed by atoms with E-state index in [0.717, 1.165) is 24.7 Å². The summed E-state index contributed by atoms with van der Waals surface area (Å²) in [6.45, 7) is 8.88. The topological polar surface area (TPSA) is 39.1 Å². The molecule has 2 aromatic heterocycles. The number of imidazole rings is 1. The fraction of sp³-hybridized carbons (Fsp3) is 0.533. The van der Waals surface area contributed by atoms with Crippen molar-refractivity contribution in [3.05, 3.63) is 34.3 Å². The van der Waals surface area contributed by atoms with Gasteiger partial charge >= 0.3 is 0 Å². The van der Waals surface area contributed by atoms with E-state index in [0.29, 0.717) is 6.61 Å². The second-order valence-corrected chi connectivity index (χ2v) is 6.55. The molecule has 2 heterocycles. The van der Waals surface area contributed by atoms with Crippen LogP contribution in [0.25, 0.3) is 0 Å². The molecule has 0 aliphatic heterocycles. The van der Waals surface area contributed by atoms with E-state index in [4.69, 9.17) is 4.74 Å². The van der Waals surface area contributed by atoms with Crippen LogP contribution in [0.2, 0.25) is 0 Å². The monoisotopic (exact) mass is 293 g/mol. The van der Waals surface area contributed by atoms with Crippen molar-refractivity contribution in [3.63, 3.8) is 0 Å². The number of aryl methyl sites for hydroxylation is 1. The number of hydrogen-bond donors (Lipinski definition) is 1. The summed E-state index contributed by atoms with van der Waals surface area (Å²) in [6.07, 6.45) is 2.06. The summed E-state index contributed by atoms with van der Waals surface area (Å²) < 4.78 is 7.25. The zero-order chi connectivity index (χ0) is 14.6. The Hall–Kier alpha value is -1.33. The standard InChI is InChI=1S/C15H23N3OS/c1-12-10-18(7-8-19-4)14(17-12)16-11-15(2,3)13-6-5-9-20-13/h5-6,9-10H,7-8,11H2,1-4H3,(H,16,17). The summed E-state index contributed by atoms with van der Waals surface area (Å²) in [5, 5.41) is 5.60.